The van der Waals surface area contributed by atoms with Gasteiger partial charge in [-0.25, -0.2) is 8.42 Å². The average molecular weight is 449 g/mol. The number of hydrogen-bond acceptors (Lipinski definition) is 4. The minimum Gasteiger partial charge on any atom is -0.492 e. The number of carbonyl (C=O) groups excluding carboxylic acids is 1. The summed E-state index contributed by atoms with van der Waals surface area (Å²) in [5, 5.41) is 3.38. The Bertz CT molecular complexity index is 967. The van der Waals surface area contributed by atoms with Crippen molar-refractivity contribution in [2.24, 2.45) is 0 Å². The lowest BCUT2D eigenvalue weighted by atomic mass is 10.2. The van der Waals surface area contributed by atoms with Gasteiger partial charge in [0.2, 0.25) is 15.9 Å². The summed E-state index contributed by atoms with van der Waals surface area (Å²) in [6, 6.07) is 13.6. The zero-order valence-corrected chi connectivity index (χ0v) is 18.2. The lowest BCUT2D eigenvalue weighted by molar-refractivity contribution is -0.116. The predicted molar refractivity (Wildman–Crippen MR) is 118 cm³/mol. The normalized spacial score (nSPS) is 15.2. The van der Waals surface area contributed by atoms with E-state index in [0.717, 1.165) is 24.8 Å². The highest BCUT2D eigenvalue weighted by atomic mass is 35.5. The van der Waals surface area contributed by atoms with E-state index in [4.69, 9.17) is 16.3 Å². The summed E-state index contributed by atoms with van der Waals surface area (Å²) in [5.41, 5.74) is 0.880. The molecule has 0 unspecified atom stereocenters. The standard InChI is InChI=1S/C22H25ClN2O4S/c23-19-7-4-18(5-8-19)6-13-22(26)24-14-17-29-20-9-11-21(12-10-20)30(27,28)25-15-2-1-3-16-25/h4-13H,1-3,14-17H2,(H,24,26)/b13-6+. The molecule has 0 bridgehead atoms. The molecule has 0 aromatic heterocycles. The lowest BCUT2D eigenvalue weighted by Gasteiger charge is -2.25. The topological polar surface area (TPSA) is 75.7 Å². The summed E-state index contributed by atoms with van der Waals surface area (Å²) in [4.78, 5) is 12.1. The van der Waals surface area contributed by atoms with E-state index in [1.165, 1.54) is 6.08 Å². The molecule has 8 heteroatoms. The molecule has 0 saturated carbocycles. The first kappa shape index (κ1) is 22.3. The van der Waals surface area contributed by atoms with Crippen molar-refractivity contribution in [2.45, 2.75) is 24.2 Å². The fourth-order valence-electron chi connectivity index (χ4n) is 3.11. The van der Waals surface area contributed by atoms with Crippen molar-refractivity contribution >= 4 is 33.6 Å². The number of amides is 1. The first-order chi connectivity index (χ1) is 14.4. The van der Waals surface area contributed by atoms with Crippen molar-refractivity contribution in [3.63, 3.8) is 0 Å². The molecule has 0 aliphatic carbocycles. The maximum atomic E-state index is 12.6. The van der Waals surface area contributed by atoms with Crippen LogP contribution in [0.25, 0.3) is 6.08 Å². The quantitative estimate of drug-likeness (QED) is 0.493. The van der Waals surface area contributed by atoms with Crippen LogP contribution in [0.1, 0.15) is 24.8 Å². The van der Waals surface area contributed by atoms with Gasteiger partial charge in [-0.3, -0.25) is 4.79 Å². The number of benzene rings is 2. The van der Waals surface area contributed by atoms with Crippen molar-refractivity contribution < 1.29 is 17.9 Å². The number of nitrogens with one attached hydrogen (secondary N) is 1. The third kappa shape index (κ3) is 6.32. The van der Waals surface area contributed by atoms with Crippen LogP contribution in [0.5, 0.6) is 5.75 Å². The number of rotatable bonds is 8. The van der Waals surface area contributed by atoms with Gasteiger partial charge in [0.05, 0.1) is 11.4 Å². The predicted octanol–water partition coefficient (Wildman–Crippen LogP) is 3.72. The number of carbonyl (C=O) groups is 1. The van der Waals surface area contributed by atoms with Gasteiger partial charge in [0.25, 0.3) is 0 Å². The fraction of sp³-hybridized carbons (Fsp3) is 0.318. The molecular weight excluding hydrogens is 424 g/mol. The maximum Gasteiger partial charge on any atom is 0.244 e. The molecule has 2 aromatic rings. The molecule has 0 spiro atoms. The smallest absolute Gasteiger partial charge is 0.244 e. The Morgan fingerprint density at radius 1 is 1.03 bits per heavy atom. The molecule has 1 heterocycles. The maximum absolute atomic E-state index is 12.6. The van der Waals surface area contributed by atoms with E-state index in [2.05, 4.69) is 5.32 Å². The summed E-state index contributed by atoms with van der Waals surface area (Å²) in [5.74, 6) is 0.329. The second-order valence-corrected chi connectivity index (χ2v) is 9.33. The van der Waals surface area contributed by atoms with Gasteiger partial charge < -0.3 is 10.1 Å². The molecule has 1 fully saturated rings. The van der Waals surface area contributed by atoms with E-state index in [-0.39, 0.29) is 17.4 Å². The first-order valence-corrected chi connectivity index (χ1v) is 11.7. The molecule has 1 amide bonds. The van der Waals surface area contributed by atoms with E-state index < -0.39 is 10.0 Å². The number of halogens is 1. The summed E-state index contributed by atoms with van der Waals surface area (Å²) in [6.45, 7) is 1.76. The third-order valence-corrected chi connectivity index (χ3v) is 6.91. The largest absolute Gasteiger partial charge is 0.492 e. The Hall–Kier alpha value is -2.35. The molecule has 6 nitrogen and oxygen atoms in total. The molecule has 2 aromatic carbocycles. The number of piperidine rings is 1. The number of nitrogens with zero attached hydrogens (tertiary/aromatic N) is 1. The monoisotopic (exact) mass is 448 g/mol. The highest BCUT2D eigenvalue weighted by Crippen LogP contribution is 2.22. The van der Waals surface area contributed by atoms with Crippen LogP contribution >= 0.6 is 11.6 Å². The molecule has 1 N–H and O–H groups in total. The minimum atomic E-state index is -3.44. The van der Waals surface area contributed by atoms with Crippen LogP contribution in [0, 0.1) is 0 Å². The highest BCUT2D eigenvalue weighted by molar-refractivity contribution is 7.89. The van der Waals surface area contributed by atoms with Crippen LogP contribution in [0.2, 0.25) is 5.02 Å². The van der Waals surface area contributed by atoms with E-state index in [1.807, 2.05) is 12.1 Å². The van der Waals surface area contributed by atoms with Crippen LogP contribution in [0.15, 0.2) is 59.5 Å². The highest BCUT2D eigenvalue weighted by Gasteiger charge is 2.25. The van der Waals surface area contributed by atoms with Crippen molar-refractivity contribution in [3.8, 4) is 5.75 Å². The van der Waals surface area contributed by atoms with E-state index >= 15 is 0 Å². The number of sulfonamides is 1. The molecule has 1 aliphatic heterocycles. The molecule has 30 heavy (non-hydrogen) atoms. The van der Waals surface area contributed by atoms with Crippen molar-refractivity contribution in [1.82, 2.24) is 9.62 Å². The van der Waals surface area contributed by atoms with Crippen molar-refractivity contribution in [2.75, 3.05) is 26.2 Å². The zero-order chi connectivity index (χ0) is 21.4. The average Bonchev–Trinajstić information content (AvgIpc) is 2.77. The Morgan fingerprint density at radius 2 is 1.70 bits per heavy atom. The molecular formula is C22H25ClN2O4S. The van der Waals surface area contributed by atoms with Crippen LogP contribution < -0.4 is 10.1 Å². The second-order valence-electron chi connectivity index (χ2n) is 6.96. The van der Waals surface area contributed by atoms with E-state index in [1.54, 1.807) is 46.8 Å². The molecule has 0 atom stereocenters. The van der Waals surface area contributed by atoms with E-state index in [0.29, 0.717) is 30.4 Å². The SMILES string of the molecule is O=C(/C=C/c1ccc(Cl)cc1)NCCOc1ccc(S(=O)(=O)N2CCCCC2)cc1. The first-order valence-electron chi connectivity index (χ1n) is 9.90. The van der Waals surface area contributed by atoms with Gasteiger partial charge in [0.15, 0.2) is 0 Å². The molecule has 1 aliphatic rings. The Morgan fingerprint density at radius 3 is 2.37 bits per heavy atom. The summed E-state index contributed by atoms with van der Waals surface area (Å²) in [7, 11) is -3.44. The van der Waals surface area contributed by atoms with Crippen molar-refractivity contribution in [3.05, 3.63) is 65.2 Å². The zero-order valence-electron chi connectivity index (χ0n) is 16.6. The van der Waals surface area contributed by atoms with Crippen LogP contribution in [-0.4, -0.2) is 44.9 Å². The second kappa shape index (κ2) is 10.6. The van der Waals surface area contributed by atoms with Gasteiger partial charge in [0, 0.05) is 24.2 Å². The number of ether oxygens (including phenoxy) is 1. The molecule has 1 saturated heterocycles. The van der Waals surface area contributed by atoms with Crippen LogP contribution in [0.4, 0.5) is 0 Å². The molecule has 0 radical (unpaired) electrons. The van der Waals surface area contributed by atoms with E-state index in [9.17, 15) is 13.2 Å². The Labute approximate surface area is 182 Å². The van der Waals surface area contributed by atoms with Gasteiger partial charge >= 0.3 is 0 Å². The third-order valence-electron chi connectivity index (χ3n) is 4.74. The Balaban J connectivity index is 1.43. The van der Waals surface area contributed by atoms with Gasteiger partial charge in [-0.1, -0.05) is 30.2 Å². The summed E-state index contributed by atoms with van der Waals surface area (Å²) in [6.07, 6.45) is 6.03. The lowest BCUT2D eigenvalue weighted by Crippen LogP contribution is -2.35. The summed E-state index contributed by atoms with van der Waals surface area (Å²) < 4.78 is 32.4. The fourth-order valence-corrected chi connectivity index (χ4v) is 4.75. The minimum absolute atomic E-state index is 0.225. The Kier molecular flexibility index (Phi) is 7.90. The van der Waals surface area contributed by atoms with Gasteiger partial charge in [0.1, 0.15) is 12.4 Å². The molecule has 3 rings (SSSR count). The van der Waals surface area contributed by atoms with Crippen LogP contribution in [0.3, 0.4) is 0 Å². The summed E-state index contributed by atoms with van der Waals surface area (Å²) >= 11 is 5.83. The van der Waals surface area contributed by atoms with Crippen LogP contribution in [-0.2, 0) is 14.8 Å². The number of hydrogen-bond donors (Lipinski definition) is 1. The van der Waals surface area contributed by atoms with Gasteiger partial charge in [-0.05, 0) is 60.9 Å². The van der Waals surface area contributed by atoms with Gasteiger partial charge in [-0.2, -0.15) is 4.31 Å². The van der Waals surface area contributed by atoms with Crippen molar-refractivity contribution in [1.29, 1.82) is 0 Å². The molecule has 160 valence electrons. The van der Waals surface area contributed by atoms with Gasteiger partial charge in [-0.15, -0.1) is 0 Å².